The average Bonchev–Trinajstić information content (AvgIpc) is 2.94. The van der Waals surface area contributed by atoms with E-state index in [0.717, 1.165) is 37.9 Å². The number of carbonyl (C=O) groups is 1. The van der Waals surface area contributed by atoms with E-state index in [1.807, 2.05) is 18.2 Å². The molecule has 0 heterocycles. The van der Waals surface area contributed by atoms with E-state index >= 15 is 0 Å². The highest BCUT2D eigenvalue weighted by molar-refractivity contribution is 6.19. The lowest BCUT2D eigenvalue weighted by Crippen LogP contribution is -2.47. The smallest absolute Gasteiger partial charge is 0.251 e. The number of carbonyl (C=O) groups excluding carboxylic acids is 1. The summed E-state index contributed by atoms with van der Waals surface area (Å²) in [5.74, 6) is 1.16. The molecule has 20 heavy (non-hydrogen) atoms. The highest BCUT2D eigenvalue weighted by Crippen LogP contribution is 2.31. The molecule has 0 unspecified atom stereocenters. The Morgan fingerprint density at radius 3 is 2.80 bits per heavy atom. The van der Waals surface area contributed by atoms with Gasteiger partial charge in [0, 0.05) is 11.4 Å². The molecule has 1 aromatic rings. The minimum atomic E-state index is -0.223. The predicted octanol–water partition coefficient (Wildman–Crippen LogP) is 3.76. The van der Waals surface area contributed by atoms with Crippen LogP contribution in [0, 0.1) is 0 Å². The molecular weight excluding hydrogens is 274 g/mol. The summed E-state index contributed by atoms with van der Waals surface area (Å²) in [6.07, 6.45) is 5.15. The molecule has 2 rings (SSSR count). The minimum absolute atomic E-state index is 0.0606. The van der Waals surface area contributed by atoms with Crippen LogP contribution in [-0.2, 0) is 0 Å². The maximum atomic E-state index is 12.4. The fraction of sp³-hybridized carbons (Fsp3) is 0.562. The first kappa shape index (κ1) is 15.2. The van der Waals surface area contributed by atoms with Crippen molar-refractivity contribution in [3.63, 3.8) is 0 Å². The van der Waals surface area contributed by atoms with E-state index in [1.54, 1.807) is 6.07 Å². The number of hydrogen-bond donors (Lipinski definition) is 1. The fourth-order valence-electron chi connectivity index (χ4n) is 2.60. The van der Waals surface area contributed by atoms with Gasteiger partial charge >= 0.3 is 0 Å². The molecule has 1 aliphatic rings. The van der Waals surface area contributed by atoms with Crippen LogP contribution in [0.4, 0.5) is 0 Å². The van der Waals surface area contributed by atoms with Gasteiger partial charge in [0.1, 0.15) is 5.75 Å². The largest absolute Gasteiger partial charge is 0.494 e. The molecule has 1 N–H and O–H groups in total. The molecule has 1 fully saturated rings. The molecule has 1 aromatic carbocycles. The number of benzene rings is 1. The Hall–Kier alpha value is -1.22. The molecule has 1 saturated carbocycles. The molecule has 0 bridgehead atoms. The molecule has 0 atom stereocenters. The van der Waals surface area contributed by atoms with Crippen LogP contribution in [0.5, 0.6) is 5.75 Å². The van der Waals surface area contributed by atoms with Gasteiger partial charge in [0.25, 0.3) is 5.91 Å². The molecule has 1 aliphatic carbocycles. The Morgan fingerprint density at radius 1 is 1.40 bits per heavy atom. The lowest BCUT2D eigenvalue weighted by molar-refractivity contribution is 0.0909. The van der Waals surface area contributed by atoms with Crippen molar-refractivity contribution in [1.82, 2.24) is 5.32 Å². The second-order valence-corrected chi connectivity index (χ2v) is 5.72. The number of rotatable bonds is 6. The maximum absolute atomic E-state index is 12.4. The summed E-state index contributed by atoms with van der Waals surface area (Å²) in [4.78, 5) is 12.4. The number of halogens is 1. The van der Waals surface area contributed by atoms with Crippen molar-refractivity contribution in [2.24, 2.45) is 0 Å². The van der Waals surface area contributed by atoms with Gasteiger partial charge in [-0.2, -0.15) is 0 Å². The average molecular weight is 296 g/mol. The Labute approximate surface area is 125 Å². The summed E-state index contributed by atoms with van der Waals surface area (Å²) < 4.78 is 5.56. The second kappa shape index (κ2) is 6.98. The molecule has 110 valence electrons. The van der Waals surface area contributed by atoms with Crippen LogP contribution in [0.2, 0.25) is 0 Å². The third-order valence-electron chi connectivity index (χ3n) is 3.76. The van der Waals surface area contributed by atoms with Crippen molar-refractivity contribution in [2.75, 3.05) is 12.5 Å². The summed E-state index contributed by atoms with van der Waals surface area (Å²) in [6, 6.07) is 7.33. The first-order valence-corrected chi connectivity index (χ1v) is 7.84. The SMILES string of the molecule is CCCOc1cccc(C(=O)NC2(CCl)CCCC2)c1. The van der Waals surface area contributed by atoms with E-state index in [1.165, 1.54) is 0 Å². The van der Waals surface area contributed by atoms with Crippen molar-refractivity contribution >= 4 is 17.5 Å². The summed E-state index contributed by atoms with van der Waals surface area (Å²) in [6.45, 7) is 2.72. The number of nitrogens with one attached hydrogen (secondary N) is 1. The third kappa shape index (κ3) is 3.66. The van der Waals surface area contributed by atoms with Crippen molar-refractivity contribution < 1.29 is 9.53 Å². The van der Waals surface area contributed by atoms with Gasteiger partial charge in [-0.25, -0.2) is 0 Å². The quantitative estimate of drug-likeness (QED) is 0.812. The standard InChI is InChI=1S/C16H22ClNO2/c1-2-10-20-14-7-5-6-13(11-14)15(19)18-16(12-17)8-3-4-9-16/h5-7,11H,2-4,8-10,12H2,1H3,(H,18,19). The first-order valence-electron chi connectivity index (χ1n) is 7.30. The van der Waals surface area contributed by atoms with Crippen LogP contribution < -0.4 is 10.1 Å². The van der Waals surface area contributed by atoms with Crippen LogP contribution in [0.1, 0.15) is 49.4 Å². The van der Waals surface area contributed by atoms with Crippen LogP contribution >= 0.6 is 11.6 Å². The Bertz CT molecular complexity index is 456. The molecule has 1 amide bonds. The Balaban J connectivity index is 2.05. The zero-order valence-electron chi connectivity index (χ0n) is 12.0. The van der Waals surface area contributed by atoms with Gasteiger partial charge in [-0.3, -0.25) is 4.79 Å². The number of hydrogen-bond acceptors (Lipinski definition) is 2. The van der Waals surface area contributed by atoms with Crippen LogP contribution in [-0.4, -0.2) is 23.9 Å². The zero-order chi connectivity index (χ0) is 14.4. The monoisotopic (exact) mass is 295 g/mol. The topological polar surface area (TPSA) is 38.3 Å². The molecule has 0 saturated heterocycles. The molecular formula is C16H22ClNO2. The van der Waals surface area contributed by atoms with E-state index in [-0.39, 0.29) is 11.4 Å². The Morgan fingerprint density at radius 2 is 2.15 bits per heavy atom. The van der Waals surface area contributed by atoms with E-state index in [9.17, 15) is 4.79 Å². The molecule has 0 aliphatic heterocycles. The van der Waals surface area contributed by atoms with E-state index in [4.69, 9.17) is 16.3 Å². The fourth-order valence-corrected chi connectivity index (χ4v) is 2.94. The molecule has 3 nitrogen and oxygen atoms in total. The molecule has 4 heteroatoms. The number of ether oxygens (including phenoxy) is 1. The van der Waals surface area contributed by atoms with Crippen molar-refractivity contribution in [3.8, 4) is 5.75 Å². The summed E-state index contributed by atoms with van der Waals surface area (Å²) in [5.41, 5.74) is 0.411. The number of alkyl halides is 1. The second-order valence-electron chi connectivity index (χ2n) is 5.45. The molecule has 0 aromatic heterocycles. The van der Waals surface area contributed by atoms with Crippen LogP contribution in [0.15, 0.2) is 24.3 Å². The van der Waals surface area contributed by atoms with Crippen molar-refractivity contribution in [3.05, 3.63) is 29.8 Å². The molecule has 0 radical (unpaired) electrons. The maximum Gasteiger partial charge on any atom is 0.251 e. The minimum Gasteiger partial charge on any atom is -0.494 e. The van der Waals surface area contributed by atoms with E-state index in [0.29, 0.717) is 18.1 Å². The van der Waals surface area contributed by atoms with Crippen LogP contribution in [0.25, 0.3) is 0 Å². The summed E-state index contributed by atoms with van der Waals surface area (Å²) in [7, 11) is 0. The lowest BCUT2D eigenvalue weighted by atomic mass is 9.99. The third-order valence-corrected chi connectivity index (χ3v) is 4.28. The predicted molar refractivity (Wildman–Crippen MR) is 81.6 cm³/mol. The van der Waals surface area contributed by atoms with E-state index in [2.05, 4.69) is 12.2 Å². The number of amides is 1. The zero-order valence-corrected chi connectivity index (χ0v) is 12.7. The highest BCUT2D eigenvalue weighted by atomic mass is 35.5. The Kier molecular flexibility index (Phi) is 5.30. The van der Waals surface area contributed by atoms with Gasteiger partial charge in [0.05, 0.1) is 12.1 Å². The van der Waals surface area contributed by atoms with Gasteiger partial charge in [-0.15, -0.1) is 11.6 Å². The van der Waals surface area contributed by atoms with Gasteiger partial charge in [0.15, 0.2) is 0 Å². The summed E-state index contributed by atoms with van der Waals surface area (Å²) in [5, 5.41) is 3.12. The van der Waals surface area contributed by atoms with Gasteiger partial charge in [-0.05, 0) is 37.5 Å². The van der Waals surface area contributed by atoms with Crippen LogP contribution in [0.3, 0.4) is 0 Å². The van der Waals surface area contributed by atoms with Gasteiger partial charge < -0.3 is 10.1 Å². The normalized spacial score (nSPS) is 16.9. The van der Waals surface area contributed by atoms with Crippen molar-refractivity contribution in [1.29, 1.82) is 0 Å². The first-order chi connectivity index (χ1) is 9.69. The van der Waals surface area contributed by atoms with Crippen molar-refractivity contribution in [2.45, 2.75) is 44.6 Å². The van der Waals surface area contributed by atoms with Gasteiger partial charge in [-0.1, -0.05) is 25.8 Å². The highest BCUT2D eigenvalue weighted by Gasteiger charge is 2.34. The van der Waals surface area contributed by atoms with E-state index < -0.39 is 0 Å². The molecule has 0 spiro atoms. The lowest BCUT2D eigenvalue weighted by Gasteiger charge is -2.27. The summed E-state index contributed by atoms with van der Waals surface area (Å²) >= 11 is 6.06. The van der Waals surface area contributed by atoms with Gasteiger partial charge in [0.2, 0.25) is 0 Å².